The van der Waals surface area contributed by atoms with Crippen LogP contribution in [0.2, 0.25) is 0 Å². The van der Waals surface area contributed by atoms with Crippen molar-refractivity contribution in [2.75, 3.05) is 5.32 Å². The van der Waals surface area contributed by atoms with Crippen LogP contribution >= 0.6 is 11.3 Å². The van der Waals surface area contributed by atoms with E-state index in [4.69, 9.17) is 0 Å². The van der Waals surface area contributed by atoms with Gasteiger partial charge < -0.3 is 5.32 Å². The number of sulfonamides is 1. The highest BCUT2D eigenvalue weighted by Crippen LogP contribution is 2.18. The Morgan fingerprint density at radius 1 is 1.04 bits per heavy atom. The number of carbonyl (C=O) groups excluding carboxylic acids is 1. The third-order valence-corrected chi connectivity index (χ3v) is 6.81. The summed E-state index contributed by atoms with van der Waals surface area (Å²) in [5.41, 5.74) is 2.51. The molecule has 2 N–H and O–H groups in total. The van der Waals surface area contributed by atoms with Crippen molar-refractivity contribution >= 4 is 33.0 Å². The maximum atomic E-state index is 12.8. The largest absolute Gasteiger partial charge is 0.325 e. The third kappa shape index (κ3) is 5.26. The molecule has 1 amide bonds. The van der Waals surface area contributed by atoms with Gasteiger partial charge in [0.15, 0.2) is 0 Å². The van der Waals surface area contributed by atoms with Crippen LogP contribution in [-0.2, 0) is 21.2 Å². The lowest BCUT2D eigenvalue weighted by Crippen LogP contribution is -2.45. The fourth-order valence-corrected chi connectivity index (χ4v) is 4.86. The Kier molecular flexibility index (Phi) is 6.05. The Morgan fingerprint density at radius 2 is 1.81 bits per heavy atom. The van der Waals surface area contributed by atoms with Crippen molar-refractivity contribution in [3.63, 3.8) is 0 Å². The number of hydrogen-bond donors (Lipinski definition) is 2. The average molecular weight is 401 g/mol. The molecule has 0 aliphatic rings. The van der Waals surface area contributed by atoms with Gasteiger partial charge in [-0.15, -0.1) is 11.3 Å². The van der Waals surface area contributed by atoms with E-state index in [0.717, 1.165) is 22.5 Å². The van der Waals surface area contributed by atoms with Crippen LogP contribution < -0.4 is 10.0 Å². The van der Waals surface area contributed by atoms with Crippen molar-refractivity contribution < 1.29 is 13.2 Å². The lowest BCUT2D eigenvalue weighted by Gasteiger charge is -2.18. The zero-order valence-electron chi connectivity index (χ0n) is 14.8. The van der Waals surface area contributed by atoms with Crippen molar-refractivity contribution in [3.8, 4) is 0 Å². The summed E-state index contributed by atoms with van der Waals surface area (Å²) in [4.78, 5) is 12.8. The molecule has 7 heteroatoms. The lowest BCUT2D eigenvalue weighted by molar-refractivity contribution is -0.117. The second-order valence-electron chi connectivity index (χ2n) is 6.15. The van der Waals surface area contributed by atoms with E-state index in [2.05, 4.69) is 10.0 Å². The standard InChI is InChI=1S/C20H20N2O3S2/c1-15-7-5-10-17(13-15)21-20(23)18(14-16-8-3-2-4-9-16)22-27(24,25)19-11-6-12-26-19/h2-13,18,22H,14H2,1H3,(H,21,23)/t18-/m0/s1. The number of benzene rings is 2. The summed E-state index contributed by atoms with van der Waals surface area (Å²) >= 11 is 1.11. The maximum absolute atomic E-state index is 12.8. The molecule has 2 aromatic carbocycles. The van der Waals surface area contributed by atoms with Gasteiger partial charge in [0, 0.05) is 5.69 Å². The highest BCUT2D eigenvalue weighted by atomic mass is 32.2. The highest BCUT2D eigenvalue weighted by Gasteiger charge is 2.26. The zero-order valence-corrected chi connectivity index (χ0v) is 16.4. The molecule has 0 unspecified atom stereocenters. The lowest BCUT2D eigenvalue weighted by atomic mass is 10.1. The van der Waals surface area contributed by atoms with Crippen molar-refractivity contribution in [2.45, 2.75) is 23.6 Å². The first-order chi connectivity index (χ1) is 12.9. The summed E-state index contributed by atoms with van der Waals surface area (Å²) in [6.07, 6.45) is 0.253. The molecule has 140 valence electrons. The summed E-state index contributed by atoms with van der Waals surface area (Å²) in [6, 6.07) is 19.0. The number of nitrogens with one attached hydrogen (secondary N) is 2. The molecule has 0 fully saturated rings. The van der Waals surface area contributed by atoms with Gasteiger partial charge in [-0.3, -0.25) is 4.79 Å². The molecule has 0 bridgehead atoms. The van der Waals surface area contributed by atoms with E-state index in [1.165, 1.54) is 6.07 Å². The predicted octanol–water partition coefficient (Wildman–Crippen LogP) is 3.58. The van der Waals surface area contributed by atoms with Gasteiger partial charge in [-0.05, 0) is 48.1 Å². The minimum absolute atomic E-state index is 0.184. The van der Waals surface area contributed by atoms with E-state index in [0.29, 0.717) is 5.69 Å². The van der Waals surface area contributed by atoms with E-state index >= 15 is 0 Å². The Balaban J connectivity index is 1.83. The van der Waals surface area contributed by atoms with E-state index in [1.54, 1.807) is 17.5 Å². The predicted molar refractivity (Wildman–Crippen MR) is 108 cm³/mol. The van der Waals surface area contributed by atoms with Gasteiger partial charge in [0.2, 0.25) is 5.91 Å². The van der Waals surface area contributed by atoms with Crippen LogP contribution in [-0.4, -0.2) is 20.4 Å². The fraction of sp³-hybridized carbons (Fsp3) is 0.150. The topological polar surface area (TPSA) is 75.3 Å². The number of hydrogen-bond acceptors (Lipinski definition) is 4. The molecule has 1 atom stereocenters. The normalized spacial score (nSPS) is 12.5. The minimum atomic E-state index is -3.77. The number of anilines is 1. The van der Waals surface area contributed by atoms with Crippen molar-refractivity contribution in [1.29, 1.82) is 0 Å². The number of carbonyl (C=O) groups is 1. The molecule has 0 spiro atoms. The molecule has 0 saturated carbocycles. The van der Waals surface area contributed by atoms with E-state index in [9.17, 15) is 13.2 Å². The molecule has 0 saturated heterocycles. The Bertz CT molecular complexity index is 1000. The van der Waals surface area contributed by atoms with E-state index in [1.807, 2.05) is 55.5 Å². The van der Waals surface area contributed by atoms with Gasteiger partial charge in [0.05, 0.1) is 0 Å². The number of aryl methyl sites for hydroxylation is 1. The molecule has 1 aromatic heterocycles. The second-order valence-corrected chi connectivity index (χ2v) is 9.04. The van der Waals surface area contributed by atoms with Crippen LogP contribution in [0, 0.1) is 6.92 Å². The quantitative estimate of drug-likeness (QED) is 0.636. The maximum Gasteiger partial charge on any atom is 0.250 e. The number of amides is 1. The highest BCUT2D eigenvalue weighted by molar-refractivity contribution is 7.91. The molecule has 5 nitrogen and oxygen atoms in total. The molecular weight excluding hydrogens is 380 g/mol. The van der Waals surface area contributed by atoms with Gasteiger partial charge in [-0.2, -0.15) is 4.72 Å². The van der Waals surface area contributed by atoms with Gasteiger partial charge in [-0.25, -0.2) is 8.42 Å². The Labute approximate surface area is 163 Å². The summed E-state index contributed by atoms with van der Waals surface area (Å²) in [6.45, 7) is 1.93. The van der Waals surface area contributed by atoms with Gasteiger partial charge >= 0.3 is 0 Å². The Morgan fingerprint density at radius 3 is 2.48 bits per heavy atom. The van der Waals surface area contributed by atoms with Gasteiger partial charge in [0.25, 0.3) is 10.0 Å². The van der Waals surface area contributed by atoms with Crippen LogP contribution in [0.3, 0.4) is 0 Å². The molecule has 0 aliphatic heterocycles. The van der Waals surface area contributed by atoms with E-state index in [-0.39, 0.29) is 10.6 Å². The van der Waals surface area contributed by atoms with Gasteiger partial charge in [-0.1, -0.05) is 48.5 Å². The fourth-order valence-electron chi connectivity index (χ4n) is 2.65. The molecule has 3 aromatic rings. The molecule has 27 heavy (non-hydrogen) atoms. The van der Waals surface area contributed by atoms with Crippen molar-refractivity contribution in [3.05, 3.63) is 83.2 Å². The van der Waals surface area contributed by atoms with Crippen LogP contribution in [0.5, 0.6) is 0 Å². The third-order valence-electron chi connectivity index (χ3n) is 3.94. The Hall–Kier alpha value is -2.48. The summed E-state index contributed by atoms with van der Waals surface area (Å²) < 4.78 is 28.0. The molecule has 0 aliphatic carbocycles. The SMILES string of the molecule is Cc1cccc(NC(=O)[C@H](Cc2ccccc2)NS(=O)(=O)c2cccs2)c1. The van der Waals surface area contributed by atoms with Crippen LogP contribution in [0.25, 0.3) is 0 Å². The number of rotatable bonds is 7. The van der Waals surface area contributed by atoms with Crippen LogP contribution in [0.1, 0.15) is 11.1 Å². The van der Waals surface area contributed by atoms with Crippen molar-refractivity contribution in [1.82, 2.24) is 4.72 Å². The first kappa shape index (κ1) is 19.3. The second kappa shape index (κ2) is 8.47. The summed E-state index contributed by atoms with van der Waals surface area (Å²) in [5, 5.41) is 4.50. The summed E-state index contributed by atoms with van der Waals surface area (Å²) in [7, 11) is -3.77. The first-order valence-corrected chi connectivity index (χ1v) is 10.8. The molecule has 3 rings (SSSR count). The minimum Gasteiger partial charge on any atom is -0.325 e. The number of thiophene rings is 1. The molecular formula is C20H20N2O3S2. The monoisotopic (exact) mass is 400 g/mol. The zero-order chi connectivity index (χ0) is 19.3. The summed E-state index contributed by atoms with van der Waals surface area (Å²) in [5.74, 6) is -0.399. The smallest absolute Gasteiger partial charge is 0.250 e. The van der Waals surface area contributed by atoms with Gasteiger partial charge in [0.1, 0.15) is 10.3 Å². The van der Waals surface area contributed by atoms with Crippen LogP contribution in [0.4, 0.5) is 5.69 Å². The average Bonchev–Trinajstić information content (AvgIpc) is 3.17. The van der Waals surface area contributed by atoms with Crippen LogP contribution in [0.15, 0.2) is 76.3 Å². The van der Waals surface area contributed by atoms with Crippen molar-refractivity contribution in [2.24, 2.45) is 0 Å². The first-order valence-electron chi connectivity index (χ1n) is 8.41. The molecule has 1 heterocycles. The molecule has 0 radical (unpaired) electrons. The van der Waals surface area contributed by atoms with E-state index < -0.39 is 22.0 Å².